The van der Waals surface area contributed by atoms with E-state index in [4.69, 9.17) is 0 Å². The summed E-state index contributed by atoms with van der Waals surface area (Å²) in [5.74, 6) is -0.646. The first-order chi connectivity index (χ1) is 10.5. The predicted octanol–water partition coefficient (Wildman–Crippen LogP) is 3.75. The summed E-state index contributed by atoms with van der Waals surface area (Å²) in [7, 11) is 3.82. The average Bonchev–Trinajstić information content (AvgIpc) is 2.91. The van der Waals surface area contributed by atoms with Crippen molar-refractivity contribution in [3.63, 3.8) is 0 Å². The summed E-state index contributed by atoms with van der Waals surface area (Å²) in [6.07, 6.45) is 0. The molecule has 22 heavy (non-hydrogen) atoms. The molecule has 0 aliphatic rings. The minimum absolute atomic E-state index is 0.261. The molecule has 0 spiro atoms. The number of benzene rings is 2. The highest BCUT2D eigenvalue weighted by molar-refractivity contribution is 7.22. The lowest BCUT2D eigenvalue weighted by atomic mass is 10.2. The van der Waals surface area contributed by atoms with Crippen LogP contribution in [0.5, 0.6) is 0 Å². The van der Waals surface area contributed by atoms with Crippen LogP contribution in [0.4, 0.5) is 15.2 Å². The Bertz CT molecular complexity index is 844. The van der Waals surface area contributed by atoms with Crippen molar-refractivity contribution in [1.82, 2.24) is 4.98 Å². The Morgan fingerprint density at radius 3 is 2.73 bits per heavy atom. The first-order valence-corrected chi connectivity index (χ1v) is 7.50. The van der Waals surface area contributed by atoms with E-state index in [0.29, 0.717) is 15.4 Å². The number of carbonyl (C=O) groups excluding carboxylic acids is 1. The summed E-state index contributed by atoms with van der Waals surface area (Å²) in [5, 5.41) is 3.11. The first-order valence-electron chi connectivity index (χ1n) is 6.68. The molecule has 0 bridgehead atoms. The number of nitrogens with one attached hydrogen (secondary N) is 1. The van der Waals surface area contributed by atoms with Gasteiger partial charge in [-0.25, -0.2) is 9.37 Å². The smallest absolute Gasteiger partial charge is 0.257 e. The Morgan fingerprint density at radius 2 is 2.00 bits per heavy atom. The summed E-state index contributed by atoms with van der Waals surface area (Å²) >= 11 is 1.25. The van der Waals surface area contributed by atoms with E-state index in [-0.39, 0.29) is 17.2 Å². The molecule has 3 rings (SSSR count). The molecule has 1 N–H and O–H groups in total. The molecule has 0 saturated carbocycles. The average molecular weight is 315 g/mol. The molecule has 3 aromatic rings. The molecule has 112 valence electrons. The number of nitrogens with zero attached hydrogens (tertiary/aromatic N) is 2. The van der Waals surface area contributed by atoms with Gasteiger partial charge in [-0.05, 0) is 30.3 Å². The standard InChI is InChI=1S/C16H14FN3OS/c1-20(2)11-6-3-5-10(9-11)15(21)19-16-18-14-12(17)7-4-8-13(14)22-16/h3-9H,1-2H3,(H,18,19,21). The topological polar surface area (TPSA) is 45.2 Å². The monoisotopic (exact) mass is 315 g/mol. The number of thiazole rings is 1. The summed E-state index contributed by atoms with van der Waals surface area (Å²) in [6.45, 7) is 0. The van der Waals surface area contributed by atoms with Gasteiger partial charge in [-0.2, -0.15) is 0 Å². The van der Waals surface area contributed by atoms with Crippen molar-refractivity contribution in [2.75, 3.05) is 24.3 Å². The SMILES string of the molecule is CN(C)c1cccc(C(=O)Nc2nc3c(F)cccc3s2)c1. The maximum Gasteiger partial charge on any atom is 0.257 e. The van der Waals surface area contributed by atoms with Gasteiger partial charge in [0.15, 0.2) is 5.13 Å². The molecule has 0 aliphatic carbocycles. The van der Waals surface area contributed by atoms with Gasteiger partial charge < -0.3 is 4.90 Å². The molecule has 2 aromatic carbocycles. The largest absolute Gasteiger partial charge is 0.378 e. The molecule has 0 radical (unpaired) electrons. The fraction of sp³-hybridized carbons (Fsp3) is 0.125. The quantitative estimate of drug-likeness (QED) is 0.800. The van der Waals surface area contributed by atoms with Gasteiger partial charge in [-0.15, -0.1) is 0 Å². The van der Waals surface area contributed by atoms with Crippen molar-refractivity contribution >= 4 is 38.3 Å². The molecule has 0 aliphatic heterocycles. The van der Waals surface area contributed by atoms with Crippen molar-refractivity contribution in [3.05, 3.63) is 53.8 Å². The number of rotatable bonds is 3. The van der Waals surface area contributed by atoms with Gasteiger partial charge in [-0.1, -0.05) is 23.5 Å². The van der Waals surface area contributed by atoms with Gasteiger partial charge in [0, 0.05) is 25.3 Å². The van der Waals surface area contributed by atoms with Gasteiger partial charge in [-0.3, -0.25) is 10.1 Å². The van der Waals surface area contributed by atoms with E-state index >= 15 is 0 Å². The molecule has 1 aromatic heterocycles. The molecule has 1 heterocycles. The van der Waals surface area contributed by atoms with E-state index in [1.165, 1.54) is 17.4 Å². The minimum atomic E-state index is -0.385. The first kappa shape index (κ1) is 14.5. The Morgan fingerprint density at radius 1 is 1.23 bits per heavy atom. The van der Waals surface area contributed by atoms with Crippen LogP contribution in [0.1, 0.15) is 10.4 Å². The zero-order valence-electron chi connectivity index (χ0n) is 12.1. The summed E-state index contributed by atoms with van der Waals surface area (Å²) in [6, 6.07) is 12.0. The molecule has 4 nitrogen and oxygen atoms in total. The summed E-state index contributed by atoms with van der Waals surface area (Å²) in [5.41, 5.74) is 1.75. The van der Waals surface area contributed by atoms with E-state index in [9.17, 15) is 9.18 Å². The maximum absolute atomic E-state index is 13.6. The van der Waals surface area contributed by atoms with Crippen LogP contribution in [0.15, 0.2) is 42.5 Å². The molecular formula is C16H14FN3OS. The number of fused-ring (bicyclic) bond motifs is 1. The van der Waals surface area contributed by atoms with E-state index in [2.05, 4.69) is 10.3 Å². The van der Waals surface area contributed by atoms with Crippen LogP contribution in [-0.4, -0.2) is 25.0 Å². The number of carbonyl (C=O) groups is 1. The van der Waals surface area contributed by atoms with Crippen LogP contribution in [-0.2, 0) is 0 Å². The fourth-order valence-electron chi connectivity index (χ4n) is 2.06. The summed E-state index contributed by atoms with van der Waals surface area (Å²) < 4.78 is 14.3. The lowest BCUT2D eigenvalue weighted by Gasteiger charge is -2.13. The highest BCUT2D eigenvalue weighted by Crippen LogP contribution is 2.28. The molecule has 1 amide bonds. The third kappa shape index (κ3) is 2.78. The van der Waals surface area contributed by atoms with Crippen molar-refractivity contribution in [1.29, 1.82) is 0 Å². The van der Waals surface area contributed by atoms with Crippen molar-refractivity contribution in [3.8, 4) is 0 Å². The van der Waals surface area contributed by atoms with Gasteiger partial charge in [0.1, 0.15) is 11.3 Å². The number of anilines is 2. The van der Waals surface area contributed by atoms with Crippen LogP contribution < -0.4 is 10.2 Å². The van der Waals surface area contributed by atoms with Crippen LogP contribution in [0.2, 0.25) is 0 Å². The highest BCUT2D eigenvalue weighted by atomic mass is 32.1. The van der Waals surface area contributed by atoms with E-state index < -0.39 is 0 Å². The minimum Gasteiger partial charge on any atom is -0.378 e. The van der Waals surface area contributed by atoms with Crippen LogP contribution >= 0.6 is 11.3 Å². The second kappa shape index (κ2) is 5.73. The Hall–Kier alpha value is -2.47. The van der Waals surface area contributed by atoms with Crippen molar-refractivity contribution < 1.29 is 9.18 Å². The number of amides is 1. The predicted molar refractivity (Wildman–Crippen MR) is 88.3 cm³/mol. The van der Waals surface area contributed by atoms with E-state index in [0.717, 1.165) is 5.69 Å². The molecule has 0 fully saturated rings. The normalized spacial score (nSPS) is 10.7. The number of hydrogen-bond acceptors (Lipinski definition) is 4. The third-order valence-electron chi connectivity index (χ3n) is 3.21. The second-order valence-corrected chi connectivity index (χ2v) is 6.04. The molecule has 0 saturated heterocycles. The van der Waals surface area contributed by atoms with Gasteiger partial charge in [0.2, 0.25) is 0 Å². The Balaban J connectivity index is 1.86. The zero-order chi connectivity index (χ0) is 15.7. The third-order valence-corrected chi connectivity index (χ3v) is 4.15. The van der Waals surface area contributed by atoms with E-state index in [1.54, 1.807) is 24.3 Å². The van der Waals surface area contributed by atoms with Crippen LogP contribution in [0, 0.1) is 5.82 Å². The van der Waals surface area contributed by atoms with Gasteiger partial charge >= 0.3 is 0 Å². The summed E-state index contributed by atoms with van der Waals surface area (Å²) in [4.78, 5) is 18.4. The molecular weight excluding hydrogens is 301 g/mol. The molecule has 6 heteroatoms. The zero-order valence-corrected chi connectivity index (χ0v) is 12.9. The second-order valence-electron chi connectivity index (χ2n) is 5.00. The fourth-order valence-corrected chi connectivity index (χ4v) is 2.94. The van der Waals surface area contributed by atoms with E-state index in [1.807, 2.05) is 31.1 Å². The lowest BCUT2D eigenvalue weighted by Crippen LogP contribution is -2.14. The molecule has 0 atom stereocenters. The molecule has 0 unspecified atom stereocenters. The highest BCUT2D eigenvalue weighted by Gasteiger charge is 2.12. The van der Waals surface area contributed by atoms with Crippen LogP contribution in [0.25, 0.3) is 10.2 Å². The maximum atomic E-state index is 13.6. The number of hydrogen-bond donors (Lipinski definition) is 1. The van der Waals surface area contributed by atoms with Crippen LogP contribution in [0.3, 0.4) is 0 Å². The number of halogens is 1. The van der Waals surface area contributed by atoms with Crippen molar-refractivity contribution in [2.45, 2.75) is 0 Å². The van der Waals surface area contributed by atoms with Gasteiger partial charge in [0.05, 0.1) is 4.70 Å². The number of para-hydroxylation sites is 1. The van der Waals surface area contributed by atoms with Gasteiger partial charge in [0.25, 0.3) is 5.91 Å². The number of aromatic nitrogens is 1. The van der Waals surface area contributed by atoms with Crippen molar-refractivity contribution in [2.24, 2.45) is 0 Å². The lowest BCUT2D eigenvalue weighted by molar-refractivity contribution is 0.102. The Labute approximate surface area is 131 Å². The Kier molecular flexibility index (Phi) is 3.77.